The summed E-state index contributed by atoms with van der Waals surface area (Å²) in [4.78, 5) is 11.8. The van der Waals surface area contributed by atoms with Gasteiger partial charge in [-0.25, -0.2) is 0 Å². The first-order valence-corrected chi connectivity index (χ1v) is 5.58. The van der Waals surface area contributed by atoms with Gasteiger partial charge in [-0.3, -0.25) is 4.79 Å². The molecule has 2 heterocycles. The van der Waals surface area contributed by atoms with Crippen LogP contribution in [-0.2, 0) is 18.4 Å². The predicted octanol–water partition coefficient (Wildman–Crippen LogP) is -0.569. The lowest BCUT2D eigenvalue weighted by Gasteiger charge is -2.21. The molecule has 0 unspecified atom stereocenters. The largest absolute Gasteiger partial charge is 0.349 e. The zero-order valence-electron chi connectivity index (χ0n) is 9.44. The third kappa shape index (κ3) is 2.57. The van der Waals surface area contributed by atoms with Gasteiger partial charge in [0.05, 0.1) is 12.5 Å². The summed E-state index contributed by atoms with van der Waals surface area (Å²) in [5, 5.41) is 13.8. The molecule has 16 heavy (non-hydrogen) atoms. The zero-order valence-corrected chi connectivity index (χ0v) is 9.44. The van der Waals surface area contributed by atoms with Crippen molar-refractivity contribution in [1.29, 1.82) is 0 Å². The molecular weight excluding hydrogens is 206 g/mol. The first-order valence-electron chi connectivity index (χ1n) is 5.58. The fourth-order valence-corrected chi connectivity index (χ4v) is 1.85. The number of carbonyl (C=O) groups is 1. The van der Waals surface area contributed by atoms with Gasteiger partial charge in [0.15, 0.2) is 5.82 Å². The lowest BCUT2D eigenvalue weighted by molar-refractivity contribution is -0.125. The Balaban J connectivity index is 1.81. The van der Waals surface area contributed by atoms with Crippen LogP contribution in [-0.4, -0.2) is 33.8 Å². The Morgan fingerprint density at radius 3 is 3.25 bits per heavy atom. The van der Waals surface area contributed by atoms with E-state index in [1.54, 1.807) is 10.9 Å². The van der Waals surface area contributed by atoms with E-state index in [9.17, 15) is 4.79 Å². The first-order chi connectivity index (χ1) is 7.77. The van der Waals surface area contributed by atoms with Gasteiger partial charge in [0.1, 0.15) is 6.33 Å². The van der Waals surface area contributed by atoms with E-state index in [1.807, 2.05) is 7.05 Å². The second-order valence-electron chi connectivity index (χ2n) is 4.12. The van der Waals surface area contributed by atoms with Crippen molar-refractivity contribution in [2.45, 2.75) is 19.4 Å². The molecule has 1 aromatic heterocycles. The second-order valence-corrected chi connectivity index (χ2v) is 4.12. The minimum Gasteiger partial charge on any atom is -0.349 e. The number of hydrogen-bond acceptors (Lipinski definition) is 4. The van der Waals surface area contributed by atoms with E-state index < -0.39 is 0 Å². The minimum absolute atomic E-state index is 0.0991. The molecule has 1 saturated heterocycles. The Hall–Kier alpha value is -1.43. The van der Waals surface area contributed by atoms with Crippen molar-refractivity contribution < 1.29 is 4.79 Å². The van der Waals surface area contributed by atoms with Gasteiger partial charge in [-0.2, -0.15) is 0 Å². The van der Waals surface area contributed by atoms with E-state index in [4.69, 9.17) is 0 Å². The van der Waals surface area contributed by atoms with Crippen molar-refractivity contribution in [2.24, 2.45) is 13.0 Å². The molecule has 1 atom stereocenters. The monoisotopic (exact) mass is 223 g/mol. The topological polar surface area (TPSA) is 71.8 Å². The van der Waals surface area contributed by atoms with Crippen molar-refractivity contribution in [3.8, 4) is 0 Å². The van der Waals surface area contributed by atoms with Crippen molar-refractivity contribution in [3.05, 3.63) is 12.2 Å². The zero-order chi connectivity index (χ0) is 11.4. The van der Waals surface area contributed by atoms with E-state index in [0.29, 0.717) is 6.54 Å². The third-order valence-corrected chi connectivity index (χ3v) is 2.89. The molecule has 1 fully saturated rings. The number of aryl methyl sites for hydroxylation is 1. The van der Waals surface area contributed by atoms with Gasteiger partial charge in [-0.15, -0.1) is 10.2 Å². The maximum Gasteiger partial charge on any atom is 0.224 e. The lowest BCUT2D eigenvalue weighted by atomic mass is 9.99. The summed E-state index contributed by atoms with van der Waals surface area (Å²) >= 11 is 0. The van der Waals surface area contributed by atoms with Gasteiger partial charge in [0.25, 0.3) is 0 Å². The van der Waals surface area contributed by atoms with Gasteiger partial charge < -0.3 is 15.2 Å². The van der Waals surface area contributed by atoms with Gasteiger partial charge in [-0.1, -0.05) is 0 Å². The van der Waals surface area contributed by atoms with Gasteiger partial charge in [0, 0.05) is 13.6 Å². The summed E-state index contributed by atoms with van der Waals surface area (Å²) in [5.41, 5.74) is 0. The summed E-state index contributed by atoms with van der Waals surface area (Å²) < 4.78 is 1.80. The molecule has 2 rings (SSSR count). The van der Waals surface area contributed by atoms with Crippen LogP contribution in [0.5, 0.6) is 0 Å². The van der Waals surface area contributed by atoms with Gasteiger partial charge in [-0.05, 0) is 19.4 Å². The molecular formula is C10H17N5O. The number of aromatic nitrogens is 3. The number of piperidine rings is 1. The summed E-state index contributed by atoms with van der Waals surface area (Å²) in [6.07, 6.45) is 3.67. The van der Waals surface area contributed by atoms with Crippen molar-refractivity contribution >= 4 is 5.91 Å². The maximum absolute atomic E-state index is 11.8. The van der Waals surface area contributed by atoms with Crippen LogP contribution in [0.1, 0.15) is 18.7 Å². The van der Waals surface area contributed by atoms with Crippen molar-refractivity contribution in [1.82, 2.24) is 25.4 Å². The van der Waals surface area contributed by atoms with Crippen LogP contribution in [0.15, 0.2) is 6.33 Å². The highest BCUT2D eigenvalue weighted by molar-refractivity contribution is 5.78. The fraction of sp³-hybridized carbons (Fsp3) is 0.700. The molecule has 0 spiro atoms. The van der Waals surface area contributed by atoms with E-state index in [1.165, 1.54) is 0 Å². The Morgan fingerprint density at radius 1 is 1.75 bits per heavy atom. The van der Waals surface area contributed by atoms with Gasteiger partial charge >= 0.3 is 0 Å². The Morgan fingerprint density at radius 2 is 2.62 bits per heavy atom. The molecule has 1 aliphatic heterocycles. The van der Waals surface area contributed by atoms with Crippen LogP contribution in [0, 0.1) is 5.92 Å². The molecule has 0 saturated carbocycles. The predicted molar refractivity (Wildman–Crippen MR) is 58.4 cm³/mol. The number of nitrogens with zero attached hydrogens (tertiary/aromatic N) is 3. The Labute approximate surface area is 94.4 Å². The van der Waals surface area contributed by atoms with Crippen LogP contribution in [0.2, 0.25) is 0 Å². The van der Waals surface area contributed by atoms with Crippen molar-refractivity contribution in [3.63, 3.8) is 0 Å². The molecule has 0 aliphatic carbocycles. The summed E-state index contributed by atoms with van der Waals surface area (Å²) in [6.45, 7) is 2.25. The average Bonchev–Trinajstić information content (AvgIpc) is 2.73. The lowest BCUT2D eigenvalue weighted by Crippen LogP contribution is -2.40. The minimum atomic E-state index is 0.0991. The molecule has 0 radical (unpaired) electrons. The second kappa shape index (κ2) is 5.07. The Bertz CT molecular complexity index is 356. The van der Waals surface area contributed by atoms with E-state index in [0.717, 1.165) is 31.8 Å². The Kier molecular flexibility index (Phi) is 3.51. The number of amides is 1. The average molecular weight is 223 g/mol. The van der Waals surface area contributed by atoms with E-state index in [-0.39, 0.29) is 11.8 Å². The highest BCUT2D eigenvalue weighted by Gasteiger charge is 2.20. The highest BCUT2D eigenvalue weighted by atomic mass is 16.1. The number of carbonyl (C=O) groups excluding carboxylic acids is 1. The highest BCUT2D eigenvalue weighted by Crippen LogP contribution is 2.09. The van der Waals surface area contributed by atoms with Crippen LogP contribution >= 0.6 is 0 Å². The molecule has 6 heteroatoms. The smallest absolute Gasteiger partial charge is 0.224 e. The number of nitrogens with one attached hydrogen (secondary N) is 2. The summed E-state index contributed by atoms with van der Waals surface area (Å²) in [7, 11) is 1.86. The molecule has 0 bridgehead atoms. The summed E-state index contributed by atoms with van der Waals surface area (Å²) in [6, 6.07) is 0. The third-order valence-electron chi connectivity index (χ3n) is 2.89. The standard InChI is InChI=1S/C10H17N5O/c1-15-7-13-14-9(15)6-12-10(16)8-3-2-4-11-5-8/h7-8,11H,2-6H2,1H3,(H,12,16)/t8-/m0/s1. The van der Waals surface area contributed by atoms with Crippen LogP contribution < -0.4 is 10.6 Å². The van der Waals surface area contributed by atoms with Gasteiger partial charge in [0.2, 0.25) is 5.91 Å². The molecule has 0 aromatic carbocycles. The van der Waals surface area contributed by atoms with E-state index in [2.05, 4.69) is 20.8 Å². The van der Waals surface area contributed by atoms with Crippen LogP contribution in [0.4, 0.5) is 0 Å². The SMILES string of the molecule is Cn1cnnc1CNC(=O)[C@H]1CCCNC1. The number of rotatable bonds is 3. The maximum atomic E-state index is 11.8. The molecule has 6 nitrogen and oxygen atoms in total. The fourth-order valence-electron chi connectivity index (χ4n) is 1.85. The number of hydrogen-bond donors (Lipinski definition) is 2. The molecule has 1 aliphatic rings. The van der Waals surface area contributed by atoms with Crippen molar-refractivity contribution in [2.75, 3.05) is 13.1 Å². The quantitative estimate of drug-likeness (QED) is 0.720. The first kappa shape index (κ1) is 11.1. The molecule has 1 amide bonds. The molecule has 1 aromatic rings. The normalized spacial score (nSPS) is 20.7. The van der Waals surface area contributed by atoms with Crippen LogP contribution in [0.3, 0.4) is 0 Å². The summed E-state index contributed by atoms with van der Waals surface area (Å²) in [5.74, 6) is 0.981. The molecule has 88 valence electrons. The van der Waals surface area contributed by atoms with E-state index >= 15 is 0 Å². The molecule has 2 N–H and O–H groups in total. The van der Waals surface area contributed by atoms with Crippen LogP contribution in [0.25, 0.3) is 0 Å².